The lowest BCUT2D eigenvalue weighted by Gasteiger charge is -2.36. The van der Waals surface area contributed by atoms with Gasteiger partial charge in [0.25, 0.3) is 5.91 Å². The van der Waals surface area contributed by atoms with Crippen molar-refractivity contribution in [3.05, 3.63) is 0 Å². The summed E-state index contributed by atoms with van der Waals surface area (Å²) >= 11 is 0. The zero-order valence-electron chi connectivity index (χ0n) is 23.7. The highest BCUT2D eigenvalue weighted by molar-refractivity contribution is 6.37. The van der Waals surface area contributed by atoms with Crippen molar-refractivity contribution >= 4 is 29.6 Å². The maximum atomic E-state index is 14.2. The van der Waals surface area contributed by atoms with Gasteiger partial charge >= 0.3 is 6.09 Å². The lowest BCUT2D eigenvalue weighted by molar-refractivity contribution is -0.144. The molecule has 218 valence electrons. The Labute approximate surface area is 231 Å². The fraction of sp³-hybridized carbons (Fsp3) is 0.828. The molecule has 10 nitrogen and oxygen atoms in total. The van der Waals surface area contributed by atoms with Crippen LogP contribution in [0.15, 0.2) is 0 Å². The summed E-state index contributed by atoms with van der Waals surface area (Å²) in [5, 5.41) is 5.69. The molecule has 5 atom stereocenters. The van der Waals surface area contributed by atoms with Crippen LogP contribution >= 0.6 is 0 Å². The van der Waals surface area contributed by atoms with Crippen LogP contribution in [0.4, 0.5) is 4.79 Å². The lowest BCUT2D eigenvalue weighted by atomic mass is 9.80. The summed E-state index contributed by atoms with van der Waals surface area (Å²) in [6, 6.07) is -2.51. The Morgan fingerprint density at radius 3 is 2.15 bits per heavy atom. The van der Waals surface area contributed by atoms with Gasteiger partial charge in [-0.1, -0.05) is 44.9 Å². The van der Waals surface area contributed by atoms with Crippen LogP contribution in [0.1, 0.15) is 97.8 Å². The standard InChI is InChI=1S/C29H46N4O6/c1-29(2,3)39-28(38)32-22(18-11-5-4-6-12-18)27(37)33-16-19-13-8-14-20(19)23(33)26(36)31-21(24(34)25(30)35)15-17-9-7-10-17/h17-23H,4-16H2,1-3H3,(H2,30,35)(H,31,36)(H,32,38)/t19-,20-,21?,22-,23-/m0/s1. The Morgan fingerprint density at radius 1 is 0.897 bits per heavy atom. The molecule has 4 amide bonds. The highest BCUT2D eigenvalue weighted by Crippen LogP contribution is 2.43. The number of rotatable bonds is 9. The number of ether oxygens (including phenoxy) is 1. The van der Waals surface area contributed by atoms with E-state index in [-0.39, 0.29) is 29.6 Å². The Hall–Kier alpha value is -2.65. The van der Waals surface area contributed by atoms with Gasteiger partial charge in [-0.3, -0.25) is 19.2 Å². The molecule has 1 unspecified atom stereocenters. The number of ketones is 1. The molecule has 0 spiro atoms. The van der Waals surface area contributed by atoms with Crippen molar-refractivity contribution in [1.82, 2.24) is 15.5 Å². The Morgan fingerprint density at radius 2 is 1.56 bits per heavy atom. The second-order valence-corrected chi connectivity index (χ2v) is 13.1. The maximum Gasteiger partial charge on any atom is 0.408 e. The molecule has 0 aromatic heterocycles. The molecular weight excluding hydrogens is 500 g/mol. The number of nitrogens with two attached hydrogens (primary N) is 1. The summed E-state index contributed by atoms with van der Waals surface area (Å²) in [6.45, 7) is 5.77. The Bertz CT molecular complexity index is 952. The van der Waals surface area contributed by atoms with Gasteiger partial charge in [-0.2, -0.15) is 0 Å². The van der Waals surface area contributed by atoms with E-state index >= 15 is 0 Å². The van der Waals surface area contributed by atoms with E-state index in [1.807, 2.05) is 0 Å². The zero-order valence-corrected chi connectivity index (χ0v) is 23.7. The Kier molecular flexibility index (Phi) is 9.21. The summed E-state index contributed by atoms with van der Waals surface area (Å²) in [4.78, 5) is 66.8. The van der Waals surface area contributed by atoms with Gasteiger partial charge in [-0.15, -0.1) is 0 Å². The van der Waals surface area contributed by atoms with E-state index in [0.29, 0.717) is 13.0 Å². The second-order valence-electron chi connectivity index (χ2n) is 13.1. The van der Waals surface area contributed by atoms with E-state index in [2.05, 4.69) is 10.6 Å². The summed E-state index contributed by atoms with van der Waals surface area (Å²) in [6.07, 6.45) is 10.1. The Balaban J connectivity index is 1.55. The molecule has 0 radical (unpaired) electrons. The van der Waals surface area contributed by atoms with Gasteiger partial charge in [0.1, 0.15) is 17.7 Å². The zero-order chi connectivity index (χ0) is 28.3. The maximum absolute atomic E-state index is 14.2. The molecule has 0 bridgehead atoms. The largest absolute Gasteiger partial charge is 0.444 e. The predicted octanol–water partition coefficient (Wildman–Crippen LogP) is 2.82. The minimum absolute atomic E-state index is 0.0180. The van der Waals surface area contributed by atoms with E-state index < -0.39 is 47.4 Å². The van der Waals surface area contributed by atoms with Crippen LogP contribution < -0.4 is 16.4 Å². The van der Waals surface area contributed by atoms with Crippen LogP contribution in [0.25, 0.3) is 0 Å². The van der Waals surface area contributed by atoms with E-state index in [4.69, 9.17) is 10.5 Å². The summed E-state index contributed by atoms with van der Waals surface area (Å²) in [7, 11) is 0. The van der Waals surface area contributed by atoms with Gasteiger partial charge in [0.05, 0.1) is 6.04 Å². The SMILES string of the molecule is CC(C)(C)OC(=O)N[C@H](C(=O)N1C[C@@H]2CCC[C@@H]2[C@H]1C(=O)NC(CC1CCC1)C(=O)C(N)=O)C1CCCCC1. The second kappa shape index (κ2) is 12.3. The van der Waals surface area contributed by atoms with Gasteiger partial charge in [0.15, 0.2) is 0 Å². The number of amides is 4. The van der Waals surface area contributed by atoms with E-state index in [1.54, 1.807) is 25.7 Å². The minimum Gasteiger partial charge on any atom is -0.444 e. The molecule has 4 N–H and O–H groups in total. The first-order valence-corrected chi connectivity index (χ1v) is 14.9. The van der Waals surface area contributed by atoms with E-state index in [1.165, 1.54) is 0 Å². The smallest absolute Gasteiger partial charge is 0.408 e. The number of primary amides is 1. The average Bonchev–Trinajstić information content (AvgIpc) is 3.43. The molecule has 3 saturated carbocycles. The van der Waals surface area contributed by atoms with Crippen LogP contribution in [0.5, 0.6) is 0 Å². The predicted molar refractivity (Wildman–Crippen MR) is 144 cm³/mol. The third-order valence-electron chi connectivity index (χ3n) is 9.17. The monoisotopic (exact) mass is 546 g/mol. The summed E-state index contributed by atoms with van der Waals surface area (Å²) in [5.41, 5.74) is 4.61. The fourth-order valence-electron chi connectivity index (χ4n) is 7.05. The number of carbonyl (C=O) groups excluding carboxylic acids is 5. The average molecular weight is 547 g/mol. The van der Waals surface area contributed by atoms with Crippen LogP contribution in [0, 0.1) is 23.7 Å². The minimum atomic E-state index is -1.06. The topological polar surface area (TPSA) is 148 Å². The molecule has 4 fully saturated rings. The lowest BCUT2D eigenvalue weighted by Crippen LogP contribution is -2.59. The van der Waals surface area contributed by atoms with Crippen molar-refractivity contribution in [3.8, 4) is 0 Å². The highest BCUT2D eigenvalue weighted by Gasteiger charge is 2.52. The van der Waals surface area contributed by atoms with Crippen molar-refractivity contribution in [2.75, 3.05) is 6.54 Å². The van der Waals surface area contributed by atoms with Gasteiger partial charge in [0.2, 0.25) is 17.6 Å². The van der Waals surface area contributed by atoms with Crippen molar-refractivity contribution in [1.29, 1.82) is 0 Å². The molecule has 4 rings (SSSR count). The molecule has 3 aliphatic carbocycles. The molecule has 1 saturated heterocycles. The molecule has 4 aliphatic rings. The number of carbonyl (C=O) groups is 5. The van der Waals surface area contributed by atoms with Crippen LogP contribution in [-0.2, 0) is 23.9 Å². The number of Topliss-reactive ketones (excluding diaryl/α,β-unsaturated/α-hetero) is 1. The van der Waals surface area contributed by atoms with E-state index in [0.717, 1.165) is 70.6 Å². The first-order chi connectivity index (χ1) is 18.4. The summed E-state index contributed by atoms with van der Waals surface area (Å²) < 4.78 is 5.49. The first kappa shape index (κ1) is 29.3. The number of nitrogens with zero attached hydrogens (tertiary/aromatic N) is 1. The molecule has 0 aromatic rings. The number of nitrogens with one attached hydrogen (secondary N) is 2. The third-order valence-corrected chi connectivity index (χ3v) is 9.17. The molecule has 39 heavy (non-hydrogen) atoms. The molecule has 1 heterocycles. The number of hydrogen-bond donors (Lipinski definition) is 3. The van der Waals surface area contributed by atoms with Gasteiger partial charge in [0, 0.05) is 6.54 Å². The fourth-order valence-corrected chi connectivity index (χ4v) is 7.05. The molecular formula is C29H46N4O6. The molecule has 10 heteroatoms. The van der Waals surface area contributed by atoms with Crippen LogP contribution in [0.3, 0.4) is 0 Å². The number of alkyl carbamates (subject to hydrolysis) is 1. The summed E-state index contributed by atoms with van der Waals surface area (Å²) in [5.74, 6) is -2.11. The molecule has 1 aliphatic heterocycles. The van der Waals surface area contributed by atoms with Crippen molar-refractivity contribution in [2.24, 2.45) is 29.4 Å². The van der Waals surface area contributed by atoms with E-state index in [9.17, 15) is 24.0 Å². The molecule has 0 aromatic carbocycles. The van der Waals surface area contributed by atoms with Crippen molar-refractivity contribution < 1.29 is 28.7 Å². The highest BCUT2D eigenvalue weighted by atomic mass is 16.6. The van der Waals surface area contributed by atoms with Crippen molar-refractivity contribution in [3.63, 3.8) is 0 Å². The number of likely N-dealkylation sites (tertiary alicyclic amines) is 1. The van der Waals surface area contributed by atoms with Gasteiger partial charge in [-0.25, -0.2) is 4.79 Å². The van der Waals surface area contributed by atoms with Gasteiger partial charge in [-0.05, 0) is 76.5 Å². The van der Waals surface area contributed by atoms with Crippen LogP contribution in [-0.4, -0.2) is 64.8 Å². The van der Waals surface area contributed by atoms with Crippen molar-refractivity contribution in [2.45, 2.75) is 122 Å². The number of fused-ring (bicyclic) bond motifs is 1. The quantitative estimate of drug-likeness (QED) is 0.379. The number of hydrogen-bond acceptors (Lipinski definition) is 6. The first-order valence-electron chi connectivity index (χ1n) is 14.9. The van der Waals surface area contributed by atoms with Gasteiger partial charge < -0.3 is 26.0 Å². The van der Waals surface area contributed by atoms with Crippen LogP contribution in [0.2, 0.25) is 0 Å². The normalized spacial score (nSPS) is 27.2. The third kappa shape index (κ3) is 7.11.